The highest BCUT2D eigenvalue weighted by molar-refractivity contribution is 6.01. The maximum absolute atomic E-state index is 12.7. The first-order chi connectivity index (χ1) is 15.1. The van der Waals surface area contributed by atoms with Crippen LogP contribution < -0.4 is 10.6 Å². The molecule has 2 aliphatic heterocycles. The van der Waals surface area contributed by atoms with Crippen LogP contribution in [-0.2, 0) is 35.5 Å². The van der Waals surface area contributed by atoms with E-state index >= 15 is 0 Å². The number of hydrogen-bond acceptors (Lipinski definition) is 6. The molecule has 31 heavy (non-hydrogen) atoms. The number of unbranched alkanes of at least 4 members (excludes halogenated alkanes) is 1. The molecule has 1 aromatic carbocycles. The molecule has 0 atom stereocenters. The lowest BCUT2D eigenvalue weighted by Gasteiger charge is -2.31. The number of nitrogen functional groups attached to an aromatic ring is 1. The number of rotatable bonds is 8. The molecule has 7 nitrogen and oxygen atoms in total. The molecular formula is C24H33N5O2. The molecule has 1 fully saturated rings. The normalized spacial score (nSPS) is 17.4. The van der Waals surface area contributed by atoms with E-state index in [4.69, 9.17) is 10.5 Å². The Hall–Kier alpha value is -2.51. The second-order valence-electron chi connectivity index (χ2n) is 8.62. The minimum Gasteiger partial charge on any atom is -0.383 e. The number of aromatic nitrogens is 2. The standard InChI is InChI=1S/C24H33N5O2/c1-3-4-5-21-26-23(25)20-14-22(30)29(24(20)27-21)16-18-8-6-17(7-9-18)15-28-12-10-19(31-2)11-13-28/h6-9,19H,3-5,10-16H2,1-2H3,(H2,25,26,27). The van der Waals surface area contributed by atoms with Crippen molar-refractivity contribution in [2.45, 2.75) is 64.6 Å². The smallest absolute Gasteiger partial charge is 0.233 e. The molecule has 2 aromatic rings. The Labute approximate surface area is 184 Å². The van der Waals surface area contributed by atoms with Crippen molar-refractivity contribution in [1.82, 2.24) is 14.9 Å². The van der Waals surface area contributed by atoms with Crippen LogP contribution in [0.1, 0.15) is 55.1 Å². The first kappa shape index (κ1) is 21.7. The van der Waals surface area contributed by atoms with E-state index in [-0.39, 0.29) is 12.3 Å². The van der Waals surface area contributed by atoms with Crippen LogP contribution in [0.2, 0.25) is 0 Å². The van der Waals surface area contributed by atoms with Gasteiger partial charge >= 0.3 is 0 Å². The van der Waals surface area contributed by atoms with Gasteiger partial charge in [-0.05, 0) is 30.4 Å². The number of nitrogens with two attached hydrogens (primary N) is 1. The highest BCUT2D eigenvalue weighted by atomic mass is 16.5. The van der Waals surface area contributed by atoms with E-state index in [1.807, 2.05) is 0 Å². The van der Waals surface area contributed by atoms with Gasteiger partial charge in [0.15, 0.2) is 0 Å². The van der Waals surface area contributed by atoms with Crippen molar-refractivity contribution in [3.05, 3.63) is 46.8 Å². The third-order valence-corrected chi connectivity index (χ3v) is 6.34. The Morgan fingerprint density at radius 2 is 1.77 bits per heavy atom. The number of fused-ring (bicyclic) bond motifs is 1. The third kappa shape index (κ3) is 5.05. The molecule has 1 amide bonds. The Morgan fingerprint density at radius 1 is 1.10 bits per heavy atom. The first-order valence-corrected chi connectivity index (χ1v) is 11.4. The summed E-state index contributed by atoms with van der Waals surface area (Å²) < 4.78 is 5.46. The fraction of sp³-hybridized carbons (Fsp3) is 0.542. The van der Waals surface area contributed by atoms with Gasteiger partial charge in [0.2, 0.25) is 5.91 Å². The summed E-state index contributed by atoms with van der Waals surface area (Å²) in [7, 11) is 1.80. The number of likely N-dealkylation sites (tertiary alicyclic amines) is 1. The molecule has 3 heterocycles. The summed E-state index contributed by atoms with van der Waals surface area (Å²) in [6, 6.07) is 8.57. The summed E-state index contributed by atoms with van der Waals surface area (Å²) in [5.74, 6) is 1.90. The van der Waals surface area contributed by atoms with E-state index < -0.39 is 0 Å². The minimum atomic E-state index is 0.0359. The van der Waals surface area contributed by atoms with Crippen molar-refractivity contribution >= 4 is 17.5 Å². The second kappa shape index (κ2) is 9.75. The predicted molar refractivity (Wildman–Crippen MR) is 122 cm³/mol. The zero-order chi connectivity index (χ0) is 21.8. The molecule has 0 bridgehead atoms. The third-order valence-electron chi connectivity index (χ3n) is 6.34. The van der Waals surface area contributed by atoms with Crippen molar-refractivity contribution in [1.29, 1.82) is 0 Å². The Balaban J connectivity index is 1.42. The summed E-state index contributed by atoms with van der Waals surface area (Å²) in [4.78, 5) is 26.0. The quantitative estimate of drug-likeness (QED) is 0.702. The summed E-state index contributed by atoms with van der Waals surface area (Å²) in [6.45, 7) is 5.74. The van der Waals surface area contributed by atoms with Crippen LogP contribution in [0.4, 0.5) is 11.6 Å². The topological polar surface area (TPSA) is 84.6 Å². The van der Waals surface area contributed by atoms with Gasteiger partial charge in [-0.3, -0.25) is 14.6 Å². The summed E-state index contributed by atoms with van der Waals surface area (Å²) in [5, 5.41) is 0. The number of carbonyl (C=O) groups is 1. The van der Waals surface area contributed by atoms with Gasteiger partial charge in [-0.1, -0.05) is 37.6 Å². The zero-order valence-electron chi connectivity index (χ0n) is 18.6. The highest BCUT2D eigenvalue weighted by Crippen LogP contribution is 2.32. The van der Waals surface area contributed by atoms with E-state index in [9.17, 15) is 4.79 Å². The van der Waals surface area contributed by atoms with Crippen molar-refractivity contribution in [3.63, 3.8) is 0 Å². The van der Waals surface area contributed by atoms with Crippen LogP contribution >= 0.6 is 0 Å². The van der Waals surface area contributed by atoms with Crippen LogP contribution in [0.3, 0.4) is 0 Å². The van der Waals surface area contributed by atoms with Gasteiger partial charge in [0.25, 0.3) is 0 Å². The lowest BCUT2D eigenvalue weighted by molar-refractivity contribution is -0.117. The number of carbonyl (C=O) groups excluding carboxylic acids is 1. The number of ether oxygens (including phenoxy) is 1. The number of hydrogen-bond donors (Lipinski definition) is 1. The van der Waals surface area contributed by atoms with Gasteiger partial charge in [-0.15, -0.1) is 0 Å². The summed E-state index contributed by atoms with van der Waals surface area (Å²) >= 11 is 0. The second-order valence-corrected chi connectivity index (χ2v) is 8.62. The minimum absolute atomic E-state index is 0.0359. The number of amides is 1. The van der Waals surface area contributed by atoms with Crippen molar-refractivity contribution in [2.75, 3.05) is 30.8 Å². The number of methoxy groups -OCH3 is 1. The number of benzene rings is 1. The lowest BCUT2D eigenvalue weighted by Crippen LogP contribution is -2.36. The maximum atomic E-state index is 12.7. The number of nitrogens with zero attached hydrogens (tertiary/aromatic N) is 4. The number of aryl methyl sites for hydroxylation is 1. The molecule has 2 aliphatic rings. The van der Waals surface area contributed by atoms with E-state index in [1.165, 1.54) is 5.56 Å². The van der Waals surface area contributed by atoms with Crippen molar-refractivity contribution in [3.8, 4) is 0 Å². The molecule has 7 heteroatoms. The van der Waals surface area contributed by atoms with Crippen molar-refractivity contribution in [2.24, 2.45) is 0 Å². The van der Waals surface area contributed by atoms with Crippen LogP contribution in [0.15, 0.2) is 24.3 Å². The average Bonchev–Trinajstić information content (AvgIpc) is 3.10. The van der Waals surface area contributed by atoms with Gasteiger partial charge in [-0.25, -0.2) is 9.97 Å². The summed E-state index contributed by atoms with van der Waals surface area (Å²) in [5.41, 5.74) is 9.30. The zero-order valence-corrected chi connectivity index (χ0v) is 18.6. The average molecular weight is 424 g/mol. The number of piperidine rings is 1. The largest absolute Gasteiger partial charge is 0.383 e. The monoisotopic (exact) mass is 423 g/mol. The lowest BCUT2D eigenvalue weighted by atomic mass is 10.1. The SMILES string of the molecule is CCCCc1nc(N)c2c(n1)N(Cc1ccc(CN3CCC(OC)CC3)cc1)C(=O)C2. The van der Waals surface area contributed by atoms with Gasteiger partial charge in [0, 0.05) is 38.7 Å². The number of anilines is 2. The van der Waals surface area contributed by atoms with Crippen LogP contribution in [-0.4, -0.2) is 47.1 Å². The molecule has 166 valence electrons. The Morgan fingerprint density at radius 3 is 2.42 bits per heavy atom. The Bertz CT molecular complexity index is 907. The molecule has 1 aromatic heterocycles. The fourth-order valence-electron chi connectivity index (χ4n) is 4.40. The van der Waals surface area contributed by atoms with Crippen LogP contribution in [0.25, 0.3) is 0 Å². The first-order valence-electron chi connectivity index (χ1n) is 11.4. The van der Waals surface area contributed by atoms with Crippen LogP contribution in [0.5, 0.6) is 0 Å². The van der Waals surface area contributed by atoms with Gasteiger partial charge in [0.05, 0.1) is 19.1 Å². The van der Waals surface area contributed by atoms with Gasteiger partial charge in [-0.2, -0.15) is 0 Å². The fourth-order valence-corrected chi connectivity index (χ4v) is 4.40. The summed E-state index contributed by atoms with van der Waals surface area (Å²) in [6.07, 6.45) is 5.74. The molecule has 0 radical (unpaired) electrons. The molecule has 0 spiro atoms. The van der Waals surface area contributed by atoms with Gasteiger partial charge in [0.1, 0.15) is 17.5 Å². The molecule has 0 saturated carbocycles. The highest BCUT2D eigenvalue weighted by Gasteiger charge is 2.31. The van der Waals surface area contributed by atoms with E-state index in [0.29, 0.717) is 24.3 Å². The molecule has 0 aliphatic carbocycles. The molecule has 0 unspecified atom stereocenters. The van der Waals surface area contributed by atoms with Crippen molar-refractivity contribution < 1.29 is 9.53 Å². The van der Waals surface area contributed by atoms with E-state index in [0.717, 1.165) is 68.7 Å². The predicted octanol–water partition coefficient (Wildman–Crippen LogP) is 3.10. The molecule has 4 rings (SSSR count). The maximum Gasteiger partial charge on any atom is 0.233 e. The molecule has 2 N–H and O–H groups in total. The molecular weight excluding hydrogens is 390 g/mol. The van der Waals surface area contributed by atoms with E-state index in [1.54, 1.807) is 12.0 Å². The van der Waals surface area contributed by atoms with Gasteiger partial charge < -0.3 is 10.5 Å². The molecule has 1 saturated heterocycles. The Kier molecular flexibility index (Phi) is 6.83. The van der Waals surface area contributed by atoms with Crippen LogP contribution in [0, 0.1) is 0 Å². The van der Waals surface area contributed by atoms with E-state index in [2.05, 4.69) is 46.1 Å².